The van der Waals surface area contributed by atoms with Crippen LogP contribution in [0.4, 0.5) is 22.0 Å². The van der Waals surface area contributed by atoms with E-state index in [4.69, 9.17) is 16.3 Å². The van der Waals surface area contributed by atoms with Crippen molar-refractivity contribution in [2.24, 2.45) is 0 Å². The van der Waals surface area contributed by atoms with Crippen LogP contribution in [0.1, 0.15) is 26.2 Å². The number of nitrogens with one attached hydrogen (secondary N) is 2. The van der Waals surface area contributed by atoms with E-state index in [1.165, 1.54) is 11.1 Å². The Hall–Kier alpha value is -3.17. The number of carbonyl (C=O) groups excluding carboxylic acids is 3. The fraction of sp³-hybridized carbons (Fsp3) is 0.391. The van der Waals surface area contributed by atoms with Crippen molar-refractivity contribution in [3.63, 3.8) is 0 Å². The third kappa shape index (κ3) is 5.09. The lowest BCUT2D eigenvalue weighted by Crippen LogP contribution is -2.45. The van der Waals surface area contributed by atoms with E-state index < -0.39 is 12.1 Å². The molecule has 0 radical (unpaired) electrons. The van der Waals surface area contributed by atoms with Gasteiger partial charge in [0.05, 0.1) is 11.1 Å². The maximum absolute atomic E-state index is 13.0. The summed E-state index contributed by atoms with van der Waals surface area (Å²) in [6.45, 7) is 2.30. The summed E-state index contributed by atoms with van der Waals surface area (Å²) in [6.07, 6.45) is 2.94. The predicted molar refractivity (Wildman–Crippen MR) is 125 cm³/mol. The number of benzene rings is 1. The lowest BCUT2D eigenvalue weighted by atomic mass is 10.1. The monoisotopic (exact) mass is 471 g/mol. The van der Waals surface area contributed by atoms with Gasteiger partial charge in [-0.1, -0.05) is 11.6 Å². The van der Waals surface area contributed by atoms with Gasteiger partial charge >= 0.3 is 6.03 Å². The Morgan fingerprint density at radius 3 is 2.52 bits per heavy atom. The average Bonchev–Trinajstić information content (AvgIpc) is 3.39. The van der Waals surface area contributed by atoms with Crippen LogP contribution in [0.2, 0.25) is 5.02 Å². The fourth-order valence-electron chi connectivity index (χ4n) is 4.23. The van der Waals surface area contributed by atoms with Gasteiger partial charge in [-0.3, -0.25) is 14.9 Å². The molecule has 33 heavy (non-hydrogen) atoms. The molecule has 1 aromatic heterocycles. The van der Waals surface area contributed by atoms with Crippen molar-refractivity contribution in [1.82, 2.24) is 9.88 Å². The molecule has 0 bridgehead atoms. The first-order valence-corrected chi connectivity index (χ1v) is 11.2. The van der Waals surface area contributed by atoms with E-state index in [-0.39, 0.29) is 30.5 Å². The second-order valence-corrected chi connectivity index (χ2v) is 8.68. The normalized spacial score (nSPS) is 22.5. The Balaban J connectivity index is 1.43. The predicted octanol–water partition coefficient (Wildman–Crippen LogP) is 3.51. The van der Waals surface area contributed by atoms with E-state index in [1.54, 1.807) is 36.3 Å². The van der Waals surface area contributed by atoms with E-state index in [0.29, 0.717) is 29.4 Å². The van der Waals surface area contributed by atoms with Crippen LogP contribution in [0.3, 0.4) is 0 Å². The second-order valence-electron chi connectivity index (χ2n) is 8.24. The summed E-state index contributed by atoms with van der Waals surface area (Å²) >= 11 is 5.84. The highest BCUT2D eigenvalue weighted by Gasteiger charge is 2.40. The number of ether oxygens (including phenoxy) is 1. The zero-order valence-electron chi connectivity index (χ0n) is 18.5. The number of methoxy groups -OCH3 is 1. The number of halogens is 1. The molecule has 2 aliphatic rings. The SMILES string of the molecule is CO[C@@H]1C[C@H](C(=O)Nc2ccc(N3C(=O)CCC3C)cc2)N(C(=O)Nc2ccc(Cl)cn2)C1. The second kappa shape index (κ2) is 9.76. The van der Waals surface area contributed by atoms with E-state index in [9.17, 15) is 14.4 Å². The highest BCUT2D eigenvalue weighted by atomic mass is 35.5. The number of pyridine rings is 1. The number of carbonyl (C=O) groups is 3. The maximum Gasteiger partial charge on any atom is 0.323 e. The van der Waals surface area contributed by atoms with Gasteiger partial charge in [0.25, 0.3) is 0 Å². The van der Waals surface area contributed by atoms with Crippen LogP contribution in [0, 0.1) is 0 Å². The number of amides is 4. The molecule has 3 heterocycles. The zero-order valence-corrected chi connectivity index (χ0v) is 19.2. The summed E-state index contributed by atoms with van der Waals surface area (Å²) in [4.78, 5) is 45.3. The number of aromatic nitrogens is 1. The van der Waals surface area contributed by atoms with Crippen molar-refractivity contribution in [2.75, 3.05) is 29.2 Å². The number of hydrogen-bond acceptors (Lipinski definition) is 5. The fourth-order valence-corrected chi connectivity index (χ4v) is 4.34. The first kappa shape index (κ1) is 23.0. The van der Waals surface area contributed by atoms with Crippen LogP contribution in [0.5, 0.6) is 0 Å². The van der Waals surface area contributed by atoms with Crippen LogP contribution in [0.15, 0.2) is 42.6 Å². The maximum atomic E-state index is 13.0. The minimum absolute atomic E-state index is 0.104. The standard InChI is InChI=1S/C23H26ClN5O4/c1-14-3-10-21(30)29(14)17-7-5-16(6-8-17)26-22(31)19-11-18(33-2)13-28(19)23(32)27-20-9-4-15(24)12-25-20/h4-9,12,14,18-19H,3,10-11,13H2,1-2H3,(H,26,31)(H,25,27,32)/t14?,18-,19-/m1/s1. The van der Waals surface area contributed by atoms with Gasteiger partial charge in [0.1, 0.15) is 11.9 Å². The quantitative estimate of drug-likeness (QED) is 0.694. The van der Waals surface area contributed by atoms with Gasteiger partial charge in [-0.15, -0.1) is 0 Å². The number of likely N-dealkylation sites (tertiary alicyclic amines) is 1. The third-order valence-corrected chi connectivity index (χ3v) is 6.24. The lowest BCUT2D eigenvalue weighted by Gasteiger charge is -2.24. The van der Waals surface area contributed by atoms with Gasteiger partial charge in [0, 0.05) is 50.1 Å². The molecule has 9 nitrogen and oxygen atoms in total. The van der Waals surface area contributed by atoms with Crippen LogP contribution in [-0.2, 0) is 14.3 Å². The molecular formula is C23H26ClN5O4. The minimum atomic E-state index is -0.706. The van der Waals surface area contributed by atoms with Crippen LogP contribution < -0.4 is 15.5 Å². The molecule has 2 aromatic rings. The number of anilines is 3. The Kier molecular flexibility index (Phi) is 6.80. The molecule has 0 spiro atoms. The van der Waals surface area contributed by atoms with Crippen LogP contribution >= 0.6 is 11.6 Å². The topological polar surface area (TPSA) is 104 Å². The van der Waals surface area contributed by atoms with E-state index in [0.717, 1.165) is 12.1 Å². The molecule has 2 fully saturated rings. The van der Waals surface area contributed by atoms with Crippen molar-refractivity contribution in [2.45, 2.75) is 44.4 Å². The molecule has 1 unspecified atom stereocenters. The molecular weight excluding hydrogens is 446 g/mol. The molecule has 0 saturated carbocycles. The molecule has 174 valence electrons. The zero-order chi connectivity index (χ0) is 23.5. The van der Waals surface area contributed by atoms with E-state index in [1.807, 2.05) is 19.1 Å². The summed E-state index contributed by atoms with van der Waals surface area (Å²) in [6, 6.07) is 9.38. The van der Waals surface area contributed by atoms with Gasteiger partial charge < -0.3 is 19.9 Å². The van der Waals surface area contributed by atoms with Gasteiger partial charge in [0.2, 0.25) is 11.8 Å². The molecule has 3 atom stereocenters. The number of nitrogens with zero attached hydrogens (tertiary/aromatic N) is 3. The minimum Gasteiger partial charge on any atom is -0.380 e. The van der Waals surface area contributed by atoms with Gasteiger partial charge in [-0.2, -0.15) is 0 Å². The first-order chi connectivity index (χ1) is 15.9. The Labute approximate surface area is 197 Å². The van der Waals surface area contributed by atoms with Gasteiger partial charge in [-0.25, -0.2) is 9.78 Å². The molecule has 10 heteroatoms. The van der Waals surface area contributed by atoms with Crippen molar-refractivity contribution in [3.8, 4) is 0 Å². The number of hydrogen-bond donors (Lipinski definition) is 2. The Bertz CT molecular complexity index is 1030. The van der Waals surface area contributed by atoms with Gasteiger partial charge in [0.15, 0.2) is 0 Å². The molecule has 0 aliphatic carbocycles. The highest BCUT2D eigenvalue weighted by molar-refractivity contribution is 6.30. The largest absolute Gasteiger partial charge is 0.380 e. The summed E-state index contributed by atoms with van der Waals surface area (Å²) in [5, 5.41) is 6.03. The molecule has 4 amide bonds. The Morgan fingerprint density at radius 1 is 1.15 bits per heavy atom. The van der Waals surface area contributed by atoms with E-state index >= 15 is 0 Å². The summed E-state index contributed by atoms with van der Waals surface area (Å²) < 4.78 is 5.41. The van der Waals surface area contributed by atoms with Crippen molar-refractivity contribution < 1.29 is 19.1 Å². The molecule has 2 aliphatic heterocycles. The number of urea groups is 1. The molecule has 4 rings (SSSR count). The smallest absolute Gasteiger partial charge is 0.323 e. The molecule has 2 saturated heterocycles. The summed E-state index contributed by atoms with van der Waals surface area (Å²) in [5.41, 5.74) is 1.39. The number of rotatable bonds is 5. The summed E-state index contributed by atoms with van der Waals surface area (Å²) in [5.74, 6) is 0.130. The lowest BCUT2D eigenvalue weighted by molar-refractivity contribution is -0.119. The van der Waals surface area contributed by atoms with Crippen molar-refractivity contribution >= 4 is 46.6 Å². The van der Waals surface area contributed by atoms with Crippen LogP contribution in [-0.4, -0.2) is 59.6 Å². The van der Waals surface area contributed by atoms with Gasteiger partial charge in [-0.05, 0) is 49.7 Å². The van der Waals surface area contributed by atoms with Crippen LogP contribution in [0.25, 0.3) is 0 Å². The average molecular weight is 472 g/mol. The first-order valence-electron chi connectivity index (χ1n) is 10.8. The molecule has 1 aromatic carbocycles. The summed E-state index contributed by atoms with van der Waals surface area (Å²) in [7, 11) is 1.56. The van der Waals surface area contributed by atoms with Crippen molar-refractivity contribution in [1.29, 1.82) is 0 Å². The highest BCUT2D eigenvalue weighted by Crippen LogP contribution is 2.28. The molecule has 2 N–H and O–H groups in total. The Morgan fingerprint density at radius 2 is 1.91 bits per heavy atom. The van der Waals surface area contributed by atoms with E-state index in [2.05, 4.69) is 15.6 Å². The third-order valence-electron chi connectivity index (χ3n) is 6.02. The van der Waals surface area contributed by atoms with Crippen molar-refractivity contribution in [3.05, 3.63) is 47.6 Å².